The van der Waals surface area contributed by atoms with Gasteiger partial charge in [-0.25, -0.2) is 9.37 Å². The van der Waals surface area contributed by atoms with Crippen molar-refractivity contribution >= 4 is 17.2 Å². The van der Waals surface area contributed by atoms with Crippen molar-refractivity contribution in [2.75, 3.05) is 13.1 Å². The molecule has 0 N–H and O–H groups in total. The van der Waals surface area contributed by atoms with E-state index in [4.69, 9.17) is 0 Å². The highest BCUT2D eigenvalue weighted by Gasteiger charge is 2.35. The van der Waals surface area contributed by atoms with Gasteiger partial charge in [-0.2, -0.15) is 0 Å². The van der Waals surface area contributed by atoms with Crippen molar-refractivity contribution in [3.05, 3.63) is 51.7 Å². The van der Waals surface area contributed by atoms with Gasteiger partial charge in [0.2, 0.25) is 0 Å². The number of rotatable bonds is 3. The van der Waals surface area contributed by atoms with Gasteiger partial charge in [0.1, 0.15) is 11.5 Å². The van der Waals surface area contributed by atoms with Gasteiger partial charge in [-0.15, -0.1) is 11.3 Å². The Kier molecular flexibility index (Phi) is 3.03. The number of likely N-dealkylation sites (tertiary alicyclic amines) is 1. The Labute approximate surface area is 126 Å². The summed E-state index contributed by atoms with van der Waals surface area (Å²) in [7, 11) is 0. The summed E-state index contributed by atoms with van der Waals surface area (Å²) in [5.41, 5.74) is 1.26. The van der Waals surface area contributed by atoms with Crippen LogP contribution in [0.3, 0.4) is 0 Å². The summed E-state index contributed by atoms with van der Waals surface area (Å²) in [5.74, 6) is 0.487. The van der Waals surface area contributed by atoms with Crippen molar-refractivity contribution in [1.82, 2.24) is 9.88 Å². The van der Waals surface area contributed by atoms with Gasteiger partial charge in [-0.1, -0.05) is 18.2 Å². The zero-order valence-electron chi connectivity index (χ0n) is 11.5. The standard InChI is InChI=1S/C16H15FN2OS/c17-13-4-2-1-3-12(13)11-7-19(8-11)16(20)14-9-21-15(18-14)10-5-6-10/h1-4,9-11H,5-8H2. The maximum absolute atomic E-state index is 13.7. The molecular formula is C16H15FN2OS. The number of nitrogens with zero attached hydrogens (tertiary/aromatic N) is 2. The number of carbonyl (C=O) groups is 1. The lowest BCUT2D eigenvalue weighted by molar-refractivity contribution is 0.0593. The maximum atomic E-state index is 13.7. The Balaban J connectivity index is 1.42. The number of aromatic nitrogens is 1. The molecule has 1 saturated heterocycles. The van der Waals surface area contributed by atoms with E-state index < -0.39 is 0 Å². The van der Waals surface area contributed by atoms with Gasteiger partial charge in [0, 0.05) is 30.3 Å². The molecule has 0 atom stereocenters. The first-order valence-electron chi connectivity index (χ1n) is 7.21. The third kappa shape index (κ3) is 2.35. The van der Waals surface area contributed by atoms with Gasteiger partial charge in [-0.3, -0.25) is 4.79 Å². The number of hydrogen-bond donors (Lipinski definition) is 0. The molecule has 0 radical (unpaired) electrons. The minimum absolute atomic E-state index is 0.0225. The second kappa shape index (κ2) is 4.91. The zero-order chi connectivity index (χ0) is 14.4. The molecule has 5 heteroatoms. The maximum Gasteiger partial charge on any atom is 0.273 e. The van der Waals surface area contributed by atoms with Crippen molar-refractivity contribution in [3.8, 4) is 0 Å². The van der Waals surface area contributed by atoms with E-state index >= 15 is 0 Å². The topological polar surface area (TPSA) is 33.2 Å². The van der Waals surface area contributed by atoms with Crippen LogP contribution in [0.4, 0.5) is 4.39 Å². The predicted molar refractivity (Wildman–Crippen MR) is 79.1 cm³/mol. The minimum atomic E-state index is -0.181. The number of amides is 1. The lowest BCUT2D eigenvalue weighted by Gasteiger charge is -2.39. The first-order chi connectivity index (χ1) is 10.2. The second-order valence-corrected chi connectivity index (χ2v) is 6.66. The normalized spacial score (nSPS) is 18.6. The molecule has 2 aliphatic rings. The lowest BCUT2D eigenvalue weighted by atomic mass is 9.91. The minimum Gasteiger partial charge on any atom is -0.336 e. The highest BCUT2D eigenvalue weighted by molar-refractivity contribution is 7.10. The molecule has 21 heavy (non-hydrogen) atoms. The molecule has 2 aromatic rings. The number of carbonyl (C=O) groups excluding carboxylic acids is 1. The van der Waals surface area contributed by atoms with Gasteiger partial charge >= 0.3 is 0 Å². The summed E-state index contributed by atoms with van der Waals surface area (Å²) < 4.78 is 13.7. The lowest BCUT2D eigenvalue weighted by Crippen LogP contribution is -2.48. The molecule has 1 aliphatic heterocycles. The summed E-state index contributed by atoms with van der Waals surface area (Å²) in [5, 5.41) is 2.94. The summed E-state index contributed by atoms with van der Waals surface area (Å²) in [6, 6.07) is 6.80. The third-order valence-electron chi connectivity index (χ3n) is 4.18. The monoisotopic (exact) mass is 302 g/mol. The summed E-state index contributed by atoms with van der Waals surface area (Å²) in [4.78, 5) is 18.5. The van der Waals surface area contributed by atoms with Gasteiger partial charge < -0.3 is 4.90 Å². The van der Waals surface area contributed by atoms with Crippen LogP contribution in [0, 0.1) is 5.82 Å². The largest absolute Gasteiger partial charge is 0.336 e. The van der Waals surface area contributed by atoms with E-state index in [2.05, 4.69) is 4.98 Å². The molecule has 0 unspecified atom stereocenters. The van der Waals surface area contributed by atoms with Gasteiger partial charge in [0.25, 0.3) is 5.91 Å². The van der Waals surface area contributed by atoms with Crippen LogP contribution in [0.15, 0.2) is 29.6 Å². The molecule has 1 aromatic heterocycles. The fraction of sp³-hybridized carbons (Fsp3) is 0.375. The van der Waals surface area contributed by atoms with Crippen LogP contribution in [0.2, 0.25) is 0 Å². The molecule has 1 aliphatic carbocycles. The number of benzene rings is 1. The Morgan fingerprint density at radius 1 is 1.24 bits per heavy atom. The van der Waals surface area contributed by atoms with E-state index in [-0.39, 0.29) is 17.6 Å². The second-order valence-electron chi connectivity index (χ2n) is 5.77. The molecule has 2 fully saturated rings. The Hall–Kier alpha value is -1.75. The van der Waals surface area contributed by atoms with Crippen LogP contribution in [0.1, 0.15) is 45.7 Å². The SMILES string of the molecule is O=C(c1csc(C2CC2)n1)N1CC(c2ccccc2F)C1. The number of halogens is 1. The third-order valence-corrected chi connectivity index (χ3v) is 5.19. The summed E-state index contributed by atoms with van der Waals surface area (Å²) in [6.45, 7) is 1.16. The van der Waals surface area contributed by atoms with E-state index in [9.17, 15) is 9.18 Å². The number of hydrogen-bond acceptors (Lipinski definition) is 3. The number of thiazole rings is 1. The summed E-state index contributed by atoms with van der Waals surface area (Å²) in [6.07, 6.45) is 2.39. The highest BCUT2D eigenvalue weighted by atomic mass is 32.1. The molecular weight excluding hydrogens is 287 g/mol. The summed E-state index contributed by atoms with van der Waals surface area (Å²) >= 11 is 1.58. The molecule has 1 saturated carbocycles. The predicted octanol–water partition coefficient (Wildman–Crippen LogP) is 3.40. The molecule has 3 nitrogen and oxygen atoms in total. The molecule has 4 rings (SSSR count). The van der Waals surface area contributed by atoms with E-state index in [0.717, 1.165) is 5.01 Å². The van der Waals surface area contributed by atoms with Crippen molar-refractivity contribution in [2.45, 2.75) is 24.7 Å². The van der Waals surface area contributed by atoms with Crippen LogP contribution in [0.25, 0.3) is 0 Å². The zero-order valence-corrected chi connectivity index (χ0v) is 12.3. The molecule has 2 heterocycles. The Bertz CT molecular complexity index is 689. The van der Waals surface area contributed by atoms with Crippen LogP contribution < -0.4 is 0 Å². The van der Waals surface area contributed by atoms with E-state index in [1.807, 2.05) is 11.4 Å². The van der Waals surface area contributed by atoms with Crippen molar-refractivity contribution in [2.24, 2.45) is 0 Å². The average molecular weight is 302 g/mol. The Morgan fingerprint density at radius 2 is 2.00 bits per heavy atom. The molecule has 0 bridgehead atoms. The molecule has 1 amide bonds. The van der Waals surface area contributed by atoms with Gasteiger partial charge in [0.15, 0.2) is 0 Å². The quantitative estimate of drug-likeness (QED) is 0.870. The highest BCUT2D eigenvalue weighted by Crippen LogP contribution is 2.41. The fourth-order valence-corrected chi connectivity index (χ4v) is 3.68. The van der Waals surface area contributed by atoms with Crippen molar-refractivity contribution in [1.29, 1.82) is 0 Å². The van der Waals surface area contributed by atoms with Crippen molar-refractivity contribution < 1.29 is 9.18 Å². The first-order valence-corrected chi connectivity index (χ1v) is 8.09. The van der Waals surface area contributed by atoms with Crippen molar-refractivity contribution in [3.63, 3.8) is 0 Å². The van der Waals surface area contributed by atoms with Crippen LogP contribution in [-0.4, -0.2) is 28.9 Å². The van der Waals surface area contributed by atoms with Crippen LogP contribution >= 0.6 is 11.3 Å². The van der Waals surface area contributed by atoms with E-state index in [0.29, 0.717) is 30.3 Å². The van der Waals surface area contributed by atoms with Crippen LogP contribution in [0.5, 0.6) is 0 Å². The van der Waals surface area contributed by atoms with E-state index in [1.165, 1.54) is 18.9 Å². The first kappa shape index (κ1) is 13.0. The average Bonchev–Trinajstić information content (AvgIpc) is 3.17. The smallest absolute Gasteiger partial charge is 0.273 e. The fourth-order valence-electron chi connectivity index (χ4n) is 2.71. The van der Waals surface area contributed by atoms with Gasteiger partial charge in [-0.05, 0) is 24.5 Å². The molecule has 108 valence electrons. The van der Waals surface area contributed by atoms with E-state index in [1.54, 1.807) is 28.4 Å². The Morgan fingerprint density at radius 3 is 2.71 bits per heavy atom. The molecule has 0 spiro atoms. The molecule has 1 aromatic carbocycles. The van der Waals surface area contributed by atoms with Gasteiger partial charge in [0.05, 0.1) is 5.01 Å². The van der Waals surface area contributed by atoms with Crippen LogP contribution in [-0.2, 0) is 0 Å².